The molecule has 19 heteroatoms. The topological polar surface area (TPSA) is 237 Å². The first kappa shape index (κ1) is 95.0. The minimum Gasteiger partial charge on any atom is -0.462 e. The molecule has 98 heavy (non-hydrogen) atoms. The van der Waals surface area contributed by atoms with Crippen LogP contribution in [0.25, 0.3) is 0 Å². The van der Waals surface area contributed by atoms with Crippen molar-refractivity contribution in [1.82, 2.24) is 0 Å². The molecule has 0 radical (unpaired) electrons. The number of carbonyl (C=O) groups is 4. The Morgan fingerprint density at radius 1 is 0.286 bits per heavy atom. The Hall–Kier alpha value is -2.98. The highest BCUT2D eigenvalue weighted by Crippen LogP contribution is 2.45. The Morgan fingerprint density at radius 3 is 0.776 bits per heavy atom. The molecule has 0 rings (SSSR count). The van der Waals surface area contributed by atoms with Crippen molar-refractivity contribution < 1.29 is 80.2 Å². The third kappa shape index (κ3) is 71.4. The zero-order valence-electron chi connectivity index (χ0n) is 62.7. The molecule has 0 saturated heterocycles. The fraction of sp³-hybridized carbons (Fsp3) is 0.848. The molecule has 574 valence electrons. The number of rotatable bonds is 76. The van der Waals surface area contributed by atoms with Crippen LogP contribution in [-0.2, 0) is 65.4 Å². The van der Waals surface area contributed by atoms with Crippen molar-refractivity contribution >= 4 is 39.5 Å². The average Bonchev–Trinajstić information content (AvgIpc) is 1.04. The van der Waals surface area contributed by atoms with E-state index in [-0.39, 0.29) is 25.7 Å². The summed E-state index contributed by atoms with van der Waals surface area (Å²) in [7, 11) is -9.94. The van der Waals surface area contributed by atoms with Gasteiger partial charge in [-0.15, -0.1) is 0 Å². The maximum Gasteiger partial charge on any atom is 0.472 e. The second-order valence-corrected chi connectivity index (χ2v) is 29.9. The molecule has 0 aromatic heterocycles. The number of ether oxygens (including phenoxy) is 4. The van der Waals surface area contributed by atoms with Crippen LogP contribution in [0.5, 0.6) is 0 Å². The summed E-state index contributed by atoms with van der Waals surface area (Å²) in [5, 5.41) is 10.6. The molecule has 0 fully saturated rings. The average molecular weight is 1430 g/mol. The van der Waals surface area contributed by atoms with E-state index in [1.807, 2.05) is 0 Å². The molecule has 0 bridgehead atoms. The predicted molar refractivity (Wildman–Crippen MR) is 400 cm³/mol. The Kier molecular flexibility index (Phi) is 70.2. The van der Waals surface area contributed by atoms with Crippen molar-refractivity contribution in [1.29, 1.82) is 0 Å². The largest absolute Gasteiger partial charge is 0.472 e. The van der Waals surface area contributed by atoms with E-state index in [4.69, 9.17) is 37.0 Å². The van der Waals surface area contributed by atoms with Crippen LogP contribution in [0.15, 0.2) is 48.6 Å². The molecule has 0 aliphatic rings. The molecule has 17 nitrogen and oxygen atoms in total. The van der Waals surface area contributed by atoms with Crippen LogP contribution in [0.2, 0.25) is 0 Å². The molecule has 0 heterocycles. The lowest BCUT2D eigenvalue weighted by Crippen LogP contribution is -2.30. The first-order valence-electron chi connectivity index (χ1n) is 39.9. The van der Waals surface area contributed by atoms with Crippen molar-refractivity contribution in [3.8, 4) is 0 Å². The first-order chi connectivity index (χ1) is 47.7. The Labute approximate surface area is 597 Å². The van der Waals surface area contributed by atoms with E-state index in [9.17, 15) is 43.2 Å². The predicted octanol–water partition coefficient (Wildman–Crippen LogP) is 22.9. The van der Waals surface area contributed by atoms with Gasteiger partial charge >= 0.3 is 39.5 Å². The van der Waals surface area contributed by atoms with Crippen LogP contribution in [0.3, 0.4) is 0 Å². The molecule has 0 aromatic rings. The molecule has 0 aliphatic heterocycles. The van der Waals surface area contributed by atoms with Gasteiger partial charge in [-0.25, -0.2) is 9.13 Å². The van der Waals surface area contributed by atoms with Gasteiger partial charge in [0.1, 0.15) is 19.3 Å². The zero-order chi connectivity index (χ0) is 71.8. The Bertz CT molecular complexity index is 2050. The van der Waals surface area contributed by atoms with E-state index < -0.39 is 97.5 Å². The Balaban J connectivity index is 5.33. The normalized spacial score (nSPS) is 14.2. The minimum absolute atomic E-state index is 0.0852. The number of carbonyl (C=O) groups excluding carboxylic acids is 4. The summed E-state index contributed by atoms with van der Waals surface area (Å²) in [6.07, 6.45) is 69.4. The number of phosphoric acid groups is 2. The lowest BCUT2D eigenvalue weighted by molar-refractivity contribution is -0.161. The van der Waals surface area contributed by atoms with E-state index in [0.29, 0.717) is 25.7 Å². The summed E-state index contributed by atoms with van der Waals surface area (Å²) < 4.78 is 68.6. The monoisotopic (exact) mass is 1430 g/mol. The second-order valence-electron chi connectivity index (χ2n) is 27.0. The smallest absolute Gasteiger partial charge is 0.462 e. The van der Waals surface area contributed by atoms with Crippen molar-refractivity contribution in [2.45, 2.75) is 393 Å². The molecule has 0 saturated carbocycles. The molecule has 2 unspecified atom stereocenters. The molecular formula is C79H146O17P2. The van der Waals surface area contributed by atoms with E-state index in [0.717, 1.165) is 135 Å². The van der Waals surface area contributed by atoms with Crippen LogP contribution >= 0.6 is 15.6 Å². The van der Waals surface area contributed by atoms with Gasteiger partial charge < -0.3 is 33.8 Å². The maximum absolute atomic E-state index is 13.1. The molecule has 5 atom stereocenters. The van der Waals surface area contributed by atoms with E-state index in [1.54, 1.807) is 0 Å². The van der Waals surface area contributed by atoms with E-state index in [2.05, 4.69) is 76.3 Å². The number of hydrogen-bond acceptors (Lipinski definition) is 15. The van der Waals surface area contributed by atoms with Crippen molar-refractivity contribution in [2.24, 2.45) is 0 Å². The fourth-order valence-corrected chi connectivity index (χ4v) is 12.7. The lowest BCUT2D eigenvalue weighted by atomic mass is 10.0. The minimum atomic E-state index is -4.97. The summed E-state index contributed by atoms with van der Waals surface area (Å²) in [6, 6.07) is 0. The van der Waals surface area contributed by atoms with Gasteiger partial charge in [-0.05, 0) is 89.9 Å². The summed E-state index contributed by atoms with van der Waals surface area (Å²) in [6.45, 7) is 4.87. The van der Waals surface area contributed by atoms with Crippen molar-refractivity contribution in [2.75, 3.05) is 39.6 Å². The van der Waals surface area contributed by atoms with Gasteiger partial charge in [0.2, 0.25) is 0 Å². The van der Waals surface area contributed by atoms with Crippen LogP contribution < -0.4 is 0 Å². The number of aliphatic hydroxyl groups excluding tert-OH is 1. The number of aliphatic hydroxyl groups is 1. The molecule has 0 amide bonds. The van der Waals surface area contributed by atoms with Crippen LogP contribution in [0.4, 0.5) is 0 Å². The quantitative estimate of drug-likeness (QED) is 0.0169. The van der Waals surface area contributed by atoms with Crippen LogP contribution in [0.1, 0.15) is 374 Å². The molecule has 0 spiro atoms. The van der Waals surface area contributed by atoms with Gasteiger partial charge in [-0.2, -0.15) is 0 Å². The third-order valence-electron chi connectivity index (χ3n) is 17.3. The SMILES string of the molecule is CCCCC/C=C\C/C=C\CCCCCCCC(=O)OC[C@H](COP(=O)(O)OC[C@H](O)COP(=O)(O)OC[C@@H](COC(=O)CCCCCCCCCCCCCCC)OC(=O)CCCCCCC/C=C\C/C=C\CCCCC)OC(=O)CCCCCCCCCCCCCCCCC. The van der Waals surface area contributed by atoms with Crippen molar-refractivity contribution in [3.05, 3.63) is 48.6 Å². The Morgan fingerprint density at radius 2 is 0.500 bits per heavy atom. The number of allylic oxidation sites excluding steroid dienone is 8. The summed E-state index contributed by atoms with van der Waals surface area (Å²) in [5.41, 5.74) is 0. The van der Waals surface area contributed by atoms with E-state index in [1.165, 1.54) is 161 Å². The van der Waals surface area contributed by atoms with Crippen molar-refractivity contribution in [3.63, 3.8) is 0 Å². The van der Waals surface area contributed by atoms with Crippen LogP contribution in [0, 0.1) is 0 Å². The standard InChI is InChI=1S/C79H146O17P2/c1-5-9-13-17-21-25-29-33-36-40-44-48-52-56-60-64-77(82)90-70-75(96-79(84)66-62-58-54-50-46-42-38-35-31-27-23-19-15-11-7-3)72-94-98(87,88)92-68-73(80)67-91-97(85,86)93-71-74(69-89-76(81)63-59-55-51-47-43-39-32-28-24-20-16-12-8-4)95-78(83)65-61-57-53-49-45-41-37-34-30-26-22-18-14-10-6-2/h21-22,25-26,33-34,36-37,73-75,80H,5-20,23-24,27-32,35,38-72H2,1-4H3,(H,85,86)(H,87,88)/b25-21-,26-22-,36-33-,37-34-/t73-,74-,75-/m1/s1. The summed E-state index contributed by atoms with van der Waals surface area (Å²) >= 11 is 0. The van der Waals surface area contributed by atoms with Gasteiger partial charge in [0, 0.05) is 25.7 Å². The zero-order valence-corrected chi connectivity index (χ0v) is 64.5. The van der Waals surface area contributed by atoms with Gasteiger partial charge in [0.05, 0.1) is 26.4 Å². The summed E-state index contributed by atoms with van der Waals surface area (Å²) in [5.74, 6) is -2.16. The molecular weight excluding hydrogens is 1280 g/mol. The van der Waals surface area contributed by atoms with Gasteiger partial charge in [-0.3, -0.25) is 37.3 Å². The van der Waals surface area contributed by atoms with Gasteiger partial charge in [-0.1, -0.05) is 307 Å². The lowest BCUT2D eigenvalue weighted by Gasteiger charge is -2.21. The van der Waals surface area contributed by atoms with Crippen LogP contribution in [-0.4, -0.2) is 96.7 Å². The molecule has 3 N–H and O–H groups in total. The first-order valence-corrected chi connectivity index (χ1v) is 42.9. The highest BCUT2D eigenvalue weighted by molar-refractivity contribution is 7.47. The molecule has 0 aromatic carbocycles. The number of unbranched alkanes of at least 4 members (excludes halogenated alkanes) is 42. The highest BCUT2D eigenvalue weighted by atomic mass is 31.2. The third-order valence-corrected chi connectivity index (χ3v) is 19.2. The molecule has 0 aliphatic carbocycles. The van der Waals surface area contributed by atoms with Gasteiger partial charge in [0.15, 0.2) is 12.2 Å². The highest BCUT2D eigenvalue weighted by Gasteiger charge is 2.30. The second kappa shape index (κ2) is 72.4. The summed E-state index contributed by atoms with van der Waals surface area (Å²) in [4.78, 5) is 72.9. The number of esters is 4. The van der Waals surface area contributed by atoms with E-state index >= 15 is 0 Å². The fourth-order valence-electron chi connectivity index (χ4n) is 11.2. The number of phosphoric ester groups is 2. The maximum atomic E-state index is 13.1. The number of hydrogen-bond donors (Lipinski definition) is 3. The van der Waals surface area contributed by atoms with Gasteiger partial charge in [0.25, 0.3) is 0 Å².